The van der Waals surface area contributed by atoms with Crippen molar-refractivity contribution >= 4 is 11.9 Å². The van der Waals surface area contributed by atoms with Gasteiger partial charge >= 0.3 is 5.97 Å². The van der Waals surface area contributed by atoms with Crippen LogP contribution in [-0.4, -0.2) is 23.6 Å². The lowest BCUT2D eigenvalue weighted by Gasteiger charge is -2.18. The summed E-state index contributed by atoms with van der Waals surface area (Å²) in [6, 6.07) is 9.35. The number of hydrogen-bond donors (Lipinski definition) is 1. The van der Waals surface area contributed by atoms with E-state index in [1.165, 1.54) is 6.92 Å². The Labute approximate surface area is 146 Å². The van der Waals surface area contributed by atoms with Gasteiger partial charge in [-0.05, 0) is 24.8 Å². The molecule has 1 aromatic heterocycles. The van der Waals surface area contributed by atoms with Crippen molar-refractivity contribution < 1.29 is 18.8 Å². The molecule has 0 bridgehead atoms. The summed E-state index contributed by atoms with van der Waals surface area (Å²) in [5.74, 6) is 0.112. The molecule has 0 unspecified atom stereocenters. The van der Waals surface area contributed by atoms with E-state index in [9.17, 15) is 9.59 Å². The van der Waals surface area contributed by atoms with E-state index in [1.54, 1.807) is 0 Å². The van der Waals surface area contributed by atoms with Crippen molar-refractivity contribution in [3.63, 3.8) is 0 Å². The number of benzene rings is 1. The van der Waals surface area contributed by atoms with Gasteiger partial charge in [-0.3, -0.25) is 4.79 Å². The minimum absolute atomic E-state index is 0.174. The lowest BCUT2D eigenvalue weighted by Crippen LogP contribution is -2.28. The SMILES string of the molecule is CC(=O)NC[C@H](OC(=O)c1noc2c1CCCCC2)c1ccccc1. The molecule has 0 fully saturated rings. The molecule has 0 saturated carbocycles. The monoisotopic (exact) mass is 342 g/mol. The van der Waals surface area contributed by atoms with Gasteiger partial charge in [0, 0.05) is 18.9 Å². The second-order valence-corrected chi connectivity index (χ2v) is 6.24. The van der Waals surface area contributed by atoms with E-state index in [1.807, 2.05) is 30.3 Å². The Morgan fingerprint density at radius 1 is 1.20 bits per heavy atom. The molecule has 2 aromatic rings. The van der Waals surface area contributed by atoms with E-state index >= 15 is 0 Å². The first-order chi connectivity index (χ1) is 12.1. The van der Waals surface area contributed by atoms with E-state index in [2.05, 4.69) is 10.5 Å². The molecule has 6 heteroatoms. The summed E-state index contributed by atoms with van der Waals surface area (Å²) >= 11 is 0. The average Bonchev–Trinajstić information content (AvgIpc) is 2.88. The fourth-order valence-electron chi connectivity index (χ4n) is 3.04. The van der Waals surface area contributed by atoms with Gasteiger partial charge in [0.25, 0.3) is 0 Å². The number of esters is 1. The molecular formula is C19H22N2O4. The maximum absolute atomic E-state index is 12.7. The highest BCUT2D eigenvalue weighted by atomic mass is 16.5. The maximum Gasteiger partial charge on any atom is 0.361 e. The predicted octanol–water partition coefficient (Wildman–Crippen LogP) is 2.98. The van der Waals surface area contributed by atoms with Crippen molar-refractivity contribution in [2.75, 3.05) is 6.54 Å². The van der Waals surface area contributed by atoms with Crippen LogP contribution in [0.15, 0.2) is 34.9 Å². The number of aryl methyl sites for hydroxylation is 1. The van der Waals surface area contributed by atoms with E-state index in [0.29, 0.717) is 0 Å². The summed E-state index contributed by atoms with van der Waals surface area (Å²) < 4.78 is 11.0. The molecule has 132 valence electrons. The second kappa shape index (κ2) is 7.96. The first-order valence-electron chi connectivity index (χ1n) is 8.63. The fraction of sp³-hybridized carbons (Fsp3) is 0.421. The third-order valence-corrected chi connectivity index (χ3v) is 4.35. The van der Waals surface area contributed by atoms with Crippen LogP contribution in [0, 0.1) is 0 Å². The minimum atomic E-state index is -0.573. The van der Waals surface area contributed by atoms with Crippen LogP contribution in [0.25, 0.3) is 0 Å². The Morgan fingerprint density at radius 2 is 1.96 bits per heavy atom. The summed E-state index contributed by atoms with van der Waals surface area (Å²) in [6.07, 6.45) is 4.20. The zero-order chi connectivity index (χ0) is 17.6. The number of amides is 1. The Morgan fingerprint density at radius 3 is 2.72 bits per heavy atom. The molecular weight excluding hydrogens is 320 g/mol. The predicted molar refractivity (Wildman–Crippen MR) is 91.0 cm³/mol. The summed E-state index contributed by atoms with van der Waals surface area (Å²) in [4.78, 5) is 23.9. The number of carbonyl (C=O) groups excluding carboxylic acids is 2. The fourth-order valence-corrected chi connectivity index (χ4v) is 3.04. The van der Waals surface area contributed by atoms with E-state index < -0.39 is 12.1 Å². The van der Waals surface area contributed by atoms with Crippen LogP contribution < -0.4 is 5.32 Å². The molecule has 1 aromatic carbocycles. The Hall–Kier alpha value is -2.63. The first kappa shape index (κ1) is 17.2. The van der Waals surface area contributed by atoms with Crippen LogP contribution in [0.2, 0.25) is 0 Å². The van der Waals surface area contributed by atoms with Crippen LogP contribution in [-0.2, 0) is 22.4 Å². The molecule has 0 radical (unpaired) electrons. The van der Waals surface area contributed by atoms with Gasteiger partial charge in [-0.15, -0.1) is 0 Å². The number of nitrogens with zero attached hydrogens (tertiary/aromatic N) is 1. The second-order valence-electron chi connectivity index (χ2n) is 6.24. The van der Waals surface area contributed by atoms with E-state index in [0.717, 1.165) is 49.0 Å². The smallest absolute Gasteiger partial charge is 0.361 e. The summed E-state index contributed by atoms with van der Waals surface area (Å²) in [7, 11) is 0. The molecule has 1 amide bonds. The lowest BCUT2D eigenvalue weighted by molar-refractivity contribution is -0.119. The molecule has 25 heavy (non-hydrogen) atoms. The van der Waals surface area contributed by atoms with Crippen molar-refractivity contribution in [2.45, 2.75) is 45.1 Å². The van der Waals surface area contributed by atoms with Gasteiger partial charge in [-0.2, -0.15) is 0 Å². The van der Waals surface area contributed by atoms with E-state index in [4.69, 9.17) is 9.26 Å². The van der Waals surface area contributed by atoms with Crippen molar-refractivity contribution in [2.24, 2.45) is 0 Å². The summed E-state index contributed by atoms with van der Waals surface area (Å²) in [5.41, 5.74) is 1.95. The highest BCUT2D eigenvalue weighted by Gasteiger charge is 2.27. The molecule has 0 spiro atoms. The average molecular weight is 342 g/mol. The molecule has 0 saturated heterocycles. The van der Waals surface area contributed by atoms with Gasteiger partial charge in [0.1, 0.15) is 11.9 Å². The number of fused-ring (bicyclic) bond motifs is 1. The standard InChI is InChI=1S/C19H22N2O4/c1-13(22)20-12-17(14-8-4-2-5-9-14)24-19(23)18-15-10-6-3-7-11-16(15)25-21-18/h2,4-5,8-9,17H,3,6-7,10-12H2,1H3,(H,20,22)/t17-/m0/s1. The minimum Gasteiger partial charge on any atom is -0.451 e. The molecule has 1 heterocycles. The summed E-state index contributed by atoms with van der Waals surface area (Å²) in [6.45, 7) is 1.65. The van der Waals surface area contributed by atoms with Crippen LogP contribution in [0.3, 0.4) is 0 Å². The molecule has 3 rings (SSSR count). The zero-order valence-electron chi connectivity index (χ0n) is 14.3. The number of carbonyl (C=O) groups is 2. The van der Waals surface area contributed by atoms with Crippen LogP contribution in [0.1, 0.15) is 59.7 Å². The first-order valence-corrected chi connectivity index (χ1v) is 8.63. The Kier molecular flexibility index (Phi) is 5.48. The van der Waals surface area contributed by atoms with E-state index in [-0.39, 0.29) is 18.1 Å². The van der Waals surface area contributed by atoms with Gasteiger partial charge in [0.05, 0.1) is 6.54 Å². The van der Waals surface area contributed by atoms with Crippen molar-refractivity contribution in [1.82, 2.24) is 10.5 Å². The number of rotatable bonds is 5. The van der Waals surface area contributed by atoms with Gasteiger partial charge in [-0.25, -0.2) is 4.79 Å². The Bertz CT molecular complexity index is 739. The number of nitrogens with one attached hydrogen (secondary N) is 1. The molecule has 1 aliphatic rings. The number of hydrogen-bond acceptors (Lipinski definition) is 5. The van der Waals surface area contributed by atoms with Crippen LogP contribution in [0.5, 0.6) is 0 Å². The molecule has 6 nitrogen and oxygen atoms in total. The van der Waals surface area contributed by atoms with Gasteiger partial charge < -0.3 is 14.6 Å². The summed E-state index contributed by atoms with van der Waals surface area (Å²) in [5, 5.41) is 6.65. The third kappa shape index (κ3) is 4.26. The largest absolute Gasteiger partial charge is 0.451 e. The third-order valence-electron chi connectivity index (χ3n) is 4.35. The Balaban J connectivity index is 1.78. The highest BCUT2D eigenvalue weighted by molar-refractivity contribution is 5.89. The van der Waals surface area contributed by atoms with Gasteiger partial charge in [-0.1, -0.05) is 41.9 Å². The zero-order valence-corrected chi connectivity index (χ0v) is 14.3. The normalized spacial score (nSPS) is 14.9. The maximum atomic E-state index is 12.7. The van der Waals surface area contributed by atoms with Crippen LogP contribution >= 0.6 is 0 Å². The quantitative estimate of drug-likeness (QED) is 0.667. The molecule has 1 atom stereocenters. The molecule has 1 aliphatic carbocycles. The van der Waals surface area contributed by atoms with Crippen molar-refractivity contribution in [3.8, 4) is 0 Å². The number of aromatic nitrogens is 1. The topological polar surface area (TPSA) is 81.4 Å². The molecule has 1 N–H and O–H groups in total. The van der Waals surface area contributed by atoms with Gasteiger partial charge in [0.15, 0.2) is 5.69 Å². The van der Waals surface area contributed by atoms with Gasteiger partial charge in [0.2, 0.25) is 5.91 Å². The number of ether oxygens (including phenoxy) is 1. The highest BCUT2D eigenvalue weighted by Crippen LogP contribution is 2.26. The van der Waals surface area contributed by atoms with Crippen LogP contribution in [0.4, 0.5) is 0 Å². The van der Waals surface area contributed by atoms with Crippen molar-refractivity contribution in [1.29, 1.82) is 0 Å². The van der Waals surface area contributed by atoms with Crippen molar-refractivity contribution in [3.05, 3.63) is 52.9 Å². The lowest BCUT2D eigenvalue weighted by atomic mass is 10.1. The molecule has 0 aliphatic heterocycles.